The first-order chi connectivity index (χ1) is 9.08. The predicted octanol–water partition coefficient (Wildman–Crippen LogP) is 2.86. The van der Waals surface area contributed by atoms with Crippen LogP contribution < -0.4 is 10.9 Å². The third kappa shape index (κ3) is 3.04. The van der Waals surface area contributed by atoms with Crippen molar-refractivity contribution < 1.29 is 18.0 Å². The van der Waals surface area contributed by atoms with Crippen molar-refractivity contribution in [2.45, 2.75) is 0 Å². The Bertz CT molecular complexity index is 617. The molecule has 0 saturated carbocycles. The molecule has 1 amide bonds. The van der Waals surface area contributed by atoms with Gasteiger partial charge in [-0.1, -0.05) is 12.1 Å². The molecule has 98 valence electrons. The number of hydrazine groups is 1. The van der Waals surface area contributed by atoms with E-state index < -0.39 is 23.4 Å². The van der Waals surface area contributed by atoms with E-state index in [1.165, 1.54) is 18.2 Å². The van der Waals surface area contributed by atoms with Crippen LogP contribution in [0.15, 0.2) is 42.5 Å². The maximum Gasteiger partial charge on any atom is 0.272 e. The zero-order valence-corrected chi connectivity index (χ0v) is 9.58. The van der Waals surface area contributed by atoms with Crippen molar-refractivity contribution in [3.8, 4) is 0 Å². The first-order valence-corrected chi connectivity index (χ1v) is 5.34. The molecule has 2 aromatic rings. The van der Waals surface area contributed by atoms with Crippen LogP contribution in [0.1, 0.15) is 10.4 Å². The average Bonchev–Trinajstić information content (AvgIpc) is 2.37. The van der Waals surface area contributed by atoms with Crippen molar-refractivity contribution in [3.05, 3.63) is 65.5 Å². The third-order valence-electron chi connectivity index (χ3n) is 2.36. The summed E-state index contributed by atoms with van der Waals surface area (Å²) < 4.78 is 39.2. The van der Waals surface area contributed by atoms with Crippen molar-refractivity contribution in [2.75, 3.05) is 5.43 Å². The lowest BCUT2D eigenvalue weighted by Gasteiger charge is -2.09. The lowest BCUT2D eigenvalue weighted by atomic mass is 10.2. The minimum atomic E-state index is -0.993. The molecular formula is C13H9F3N2O. The first-order valence-electron chi connectivity index (χ1n) is 5.34. The van der Waals surface area contributed by atoms with Gasteiger partial charge >= 0.3 is 0 Å². The fraction of sp³-hybridized carbons (Fsp3) is 0. The normalized spacial score (nSPS) is 10.1. The van der Waals surface area contributed by atoms with Crippen LogP contribution in [0.25, 0.3) is 0 Å². The van der Waals surface area contributed by atoms with Crippen molar-refractivity contribution >= 4 is 11.6 Å². The fourth-order valence-electron chi connectivity index (χ4n) is 1.43. The highest BCUT2D eigenvalue weighted by molar-refractivity contribution is 5.95. The lowest BCUT2D eigenvalue weighted by Crippen LogP contribution is -2.30. The number of hydrogen-bond donors (Lipinski definition) is 2. The van der Waals surface area contributed by atoms with Gasteiger partial charge in [0.2, 0.25) is 0 Å². The Kier molecular flexibility index (Phi) is 3.70. The highest BCUT2D eigenvalue weighted by Gasteiger charge is 2.12. The van der Waals surface area contributed by atoms with Gasteiger partial charge in [0.15, 0.2) is 0 Å². The van der Waals surface area contributed by atoms with Crippen LogP contribution in [0.4, 0.5) is 18.9 Å². The number of carbonyl (C=O) groups excluding carboxylic acids is 1. The van der Waals surface area contributed by atoms with Crippen LogP contribution in [0.2, 0.25) is 0 Å². The SMILES string of the molecule is O=C(NNc1ccccc1F)c1ccc(F)cc1F. The molecule has 0 aliphatic carbocycles. The monoisotopic (exact) mass is 266 g/mol. The number of hydrogen-bond acceptors (Lipinski definition) is 2. The Morgan fingerprint density at radius 3 is 2.37 bits per heavy atom. The Balaban J connectivity index is 2.08. The molecule has 2 aromatic carbocycles. The summed E-state index contributed by atoms with van der Waals surface area (Å²) in [4.78, 5) is 11.6. The van der Waals surface area contributed by atoms with Crippen molar-refractivity contribution in [1.29, 1.82) is 0 Å². The van der Waals surface area contributed by atoms with E-state index in [1.54, 1.807) is 6.07 Å². The number of benzene rings is 2. The number of anilines is 1. The molecule has 0 aromatic heterocycles. The minimum absolute atomic E-state index is 0.0402. The smallest absolute Gasteiger partial charge is 0.272 e. The van der Waals surface area contributed by atoms with Gasteiger partial charge in [-0.2, -0.15) is 0 Å². The molecule has 0 fully saturated rings. The molecule has 0 spiro atoms. The molecule has 0 heterocycles. The number of halogens is 3. The molecule has 0 aliphatic rings. The quantitative estimate of drug-likeness (QED) is 0.839. The molecule has 0 atom stereocenters. The first kappa shape index (κ1) is 12.9. The van der Waals surface area contributed by atoms with Crippen molar-refractivity contribution in [1.82, 2.24) is 5.43 Å². The van der Waals surface area contributed by atoms with Gasteiger partial charge in [-0.25, -0.2) is 13.2 Å². The summed E-state index contributed by atoms with van der Waals surface area (Å²) in [5, 5.41) is 0. The molecule has 0 bridgehead atoms. The van der Waals surface area contributed by atoms with E-state index in [1.807, 2.05) is 0 Å². The topological polar surface area (TPSA) is 41.1 Å². The maximum absolute atomic E-state index is 13.3. The second kappa shape index (κ2) is 5.43. The number of nitrogens with one attached hydrogen (secondary N) is 2. The number of carbonyl (C=O) groups is 1. The second-order valence-electron chi connectivity index (χ2n) is 3.68. The Morgan fingerprint density at radius 1 is 0.947 bits per heavy atom. The van der Waals surface area contributed by atoms with Gasteiger partial charge in [-0.3, -0.25) is 15.6 Å². The van der Waals surface area contributed by atoms with E-state index in [0.717, 1.165) is 12.1 Å². The summed E-state index contributed by atoms with van der Waals surface area (Å²) in [6, 6.07) is 8.21. The zero-order valence-electron chi connectivity index (χ0n) is 9.58. The number of rotatable bonds is 3. The Morgan fingerprint density at radius 2 is 1.68 bits per heavy atom. The zero-order chi connectivity index (χ0) is 13.8. The van der Waals surface area contributed by atoms with E-state index in [-0.39, 0.29) is 11.3 Å². The van der Waals surface area contributed by atoms with E-state index in [9.17, 15) is 18.0 Å². The molecule has 0 radical (unpaired) electrons. The van der Waals surface area contributed by atoms with E-state index >= 15 is 0 Å². The van der Waals surface area contributed by atoms with Crippen molar-refractivity contribution in [2.24, 2.45) is 0 Å². The molecule has 0 unspecified atom stereocenters. The number of para-hydroxylation sites is 1. The summed E-state index contributed by atoms with van der Waals surface area (Å²) >= 11 is 0. The minimum Gasteiger partial charge on any atom is -0.295 e. The van der Waals surface area contributed by atoms with Gasteiger partial charge < -0.3 is 0 Å². The summed E-state index contributed by atoms with van der Waals surface area (Å²) in [6.07, 6.45) is 0. The highest BCUT2D eigenvalue weighted by atomic mass is 19.1. The fourth-order valence-corrected chi connectivity index (χ4v) is 1.43. The van der Waals surface area contributed by atoms with Crippen molar-refractivity contribution in [3.63, 3.8) is 0 Å². The van der Waals surface area contributed by atoms with Crippen LogP contribution in [0, 0.1) is 17.5 Å². The number of amides is 1. The average molecular weight is 266 g/mol. The van der Waals surface area contributed by atoms with Gasteiger partial charge in [-0.15, -0.1) is 0 Å². The second-order valence-corrected chi connectivity index (χ2v) is 3.68. The molecule has 0 saturated heterocycles. The molecule has 2 rings (SSSR count). The third-order valence-corrected chi connectivity index (χ3v) is 2.36. The molecule has 0 aliphatic heterocycles. The highest BCUT2D eigenvalue weighted by Crippen LogP contribution is 2.12. The summed E-state index contributed by atoms with van der Waals surface area (Å²) in [5.41, 5.74) is 4.14. The van der Waals surface area contributed by atoms with Crippen LogP contribution in [0.3, 0.4) is 0 Å². The molecule has 19 heavy (non-hydrogen) atoms. The molecular weight excluding hydrogens is 257 g/mol. The predicted molar refractivity (Wildman–Crippen MR) is 63.8 cm³/mol. The van der Waals surface area contributed by atoms with Gasteiger partial charge in [0, 0.05) is 6.07 Å². The van der Waals surface area contributed by atoms with E-state index in [4.69, 9.17) is 0 Å². The maximum atomic E-state index is 13.3. The Hall–Kier alpha value is -2.50. The summed E-state index contributed by atoms with van der Waals surface area (Å²) in [6.45, 7) is 0. The van der Waals surface area contributed by atoms with E-state index in [2.05, 4.69) is 10.9 Å². The van der Waals surface area contributed by atoms with E-state index in [0.29, 0.717) is 6.07 Å². The van der Waals surface area contributed by atoms with Crippen LogP contribution in [0.5, 0.6) is 0 Å². The van der Waals surface area contributed by atoms with Gasteiger partial charge in [-0.05, 0) is 24.3 Å². The molecule has 3 nitrogen and oxygen atoms in total. The van der Waals surface area contributed by atoms with Gasteiger partial charge in [0.25, 0.3) is 5.91 Å². The Labute approximate surface area is 107 Å². The van der Waals surface area contributed by atoms with Gasteiger partial charge in [0.1, 0.15) is 17.5 Å². The lowest BCUT2D eigenvalue weighted by molar-refractivity contribution is 0.0958. The van der Waals surface area contributed by atoms with Crippen LogP contribution >= 0.6 is 0 Å². The van der Waals surface area contributed by atoms with Crippen LogP contribution in [-0.4, -0.2) is 5.91 Å². The summed E-state index contributed by atoms with van der Waals surface area (Å²) in [5.74, 6) is -3.17. The largest absolute Gasteiger partial charge is 0.295 e. The molecule has 2 N–H and O–H groups in total. The van der Waals surface area contributed by atoms with Gasteiger partial charge in [0.05, 0.1) is 11.3 Å². The van der Waals surface area contributed by atoms with Crippen LogP contribution in [-0.2, 0) is 0 Å². The standard InChI is InChI=1S/C13H9F3N2O/c14-8-5-6-9(11(16)7-8)13(19)18-17-12-4-2-1-3-10(12)15/h1-7,17H,(H,18,19). The molecule has 6 heteroatoms. The summed E-state index contributed by atoms with van der Waals surface area (Å²) in [7, 11) is 0.